The summed E-state index contributed by atoms with van der Waals surface area (Å²) in [5, 5.41) is 2.71. The van der Waals surface area contributed by atoms with E-state index >= 15 is 0 Å². The number of hydrogen-bond acceptors (Lipinski definition) is 11. The van der Waals surface area contributed by atoms with Gasteiger partial charge in [0.2, 0.25) is 5.91 Å². The number of allylic oxidation sites excluding steroid dienone is 1. The SMILES string of the molecule is C=C1CCC(N2C(=O)c3ccc(N4CCC(CN5CCC(CCN6CCN(c7cc(C8=NCc9ccc(OC(C)C)cc98)ncn7)CC6)CC5)CC4)cc3C2=O)C(=O)N1. The van der Waals surface area contributed by atoms with Crippen LogP contribution in [0.4, 0.5) is 11.5 Å². The van der Waals surface area contributed by atoms with Crippen LogP contribution in [0, 0.1) is 11.8 Å². The highest BCUT2D eigenvalue weighted by molar-refractivity contribution is 6.23. The normalized spacial score (nSPS) is 22.3. The first-order valence-electron chi connectivity index (χ1n) is 21.8. The Kier molecular flexibility index (Phi) is 11.2. The number of aromatic nitrogens is 2. The summed E-state index contributed by atoms with van der Waals surface area (Å²) in [4.78, 5) is 64.6. The zero-order valence-corrected chi connectivity index (χ0v) is 34.6. The lowest BCUT2D eigenvalue weighted by Crippen LogP contribution is -2.51. The Hall–Kier alpha value is -5.14. The molecule has 1 N–H and O–H groups in total. The van der Waals surface area contributed by atoms with Crippen LogP contribution < -0.4 is 19.9 Å². The Morgan fingerprint density at radius 2 is 1.54 bits per heavy atom. The second-order valence-corrected chi connectivity index (χ2v) is 17.6. The summed E-state index contributed by atoms with van der Waals surface area (Å²) in [6.45, 7) is 19.1. The molecule has 2 aromatic carbocycles. The first-order chi connectivity index (χ1) is 28.7. The van der Waals surface area contributed by atoms with Crippen LogP contribution >= 0.6 is 0 Å². The second kappa shape index (κ2) is 16.8. The molecule has 13 heteroatoms. The van der Waals surface area contributed by atoms with E-state index in [1.165, 1.54) is 37.9 Å². The van der Waals surface area contributed by atoms with Crippen LogP contribution in [0.1, 0.15) is 96.3 Å². The Bertz CT molecular complexity index is 2130. The number of piperazine rings is 1. The van der Waals surface area contributed by atoms with Gasteiger partial charge >= 0.3 is 0 Å². The Labute approximate surface area is 347 Å². The third kappa shape index (κ3) is 8.36. The molecule has 1 atom stereocenters. The van der Waals surface area contributed by atoms with Crippen LogP contribution in [0.2, 0.25) is 0 Å². The van der Waals surface area contributed by atoms with Crippen LogP contribution in [-0.4, -0.2) is 126 Å². The second-order valence-electron chi connectivity index (χ2n) is 17.6. The van der Waals surface area contributed by atoms with E-state index in [0.29, 0.717) is 42.1 Å². The molecule has 0 spiro atoms. The third-order valence-electron chi connectivity index (χ3n) is 13.3. The highest BCUT2D eigenvalue weighted by Crippen LogP contribution is 2.34. The van der Waals surface area contributed by atoms with Crippen molar-refractivity contribution < 1.29 is 19.1 Å². The minimum atomic E-state index is -0.789. The maximum Gasteiger partial charge on any atom is 0.262 e. The van der Waals surface area contributed by atoms with Crippen molar-refractivity contribution in [3.63, 3.8) is 0 Å². The first kappa shape index (κ1) is 39.3. The van der Waals surface area contributed by atoms with Crippen molar-refractivity contribution >= 4 is 34.9 Å². The number of piperidine rings is 3. The van der Waals surface area contributed by atoms with Crippen LogP contribution in [0.15, 0.2) is 66.1 Å². The van der Waals surface area contributed by atoms with Crippen LogP contribution in [0.5, 0.6) is 5.75 Å². The van der Waals surface area contributed by atoms with Gasteiger partial charge in [-0.05, 0) is 126 Å². The number of aliphatic imine (C=N–C) groups is 1. The van der Waals surface area contributed by atoms with Gasteiger partial charge in [-0.15, -0.1) is 0 Å². The molecule has 59 heavy (non-hydrogen) atoms. The van der Waals surface area contributed by atoms with Crippen LogP contribution in [-0.2, 0) is 11.3 Å². The summed E-state index contributed by atoms with van der Waals surface area (Å²) in [5.41, 5.74) is 6.50. The van der Waals surface area contributed by atoms with Gasteiger partial charge in [0.1, 0.15) is 23.9 Å². The molecule has 6 aliphatic rings. The number of carbonyl (C=O) groups is 3. The van der Waals surface area contributed by atoms with Crippen molar-refractivity contribution in [1.29, 1.82) is 0 Å². The molecule has 310 valence electrons. The van der Waals surface area contributed by atoms with Gasteiger partial charge in [-0.2, -0.15) is 0 Å². The Morgan fingerprint density at radius 3 is 2.31 bits per heavy atom. The van der Waals surface area contributed by atoms with Crippen molar-refractivity contribution in [2.75, 3.05) is 75.2 Å². The van der Waals surface area contributed by atoms with Crippen LogP contribution in [0.3, 0.4) is 0 Å². The highest BCUT2D eigenvalue weighted by Gasteiger charge is 2.44. The smallest absolute Gasteiger partial charge is 0.262 e. The van der Waals surface area contributed by atoms with Crippen molar-refractivity contribution in [2.24, 2.45) is 16.8 Å². The topological polar surface area (TPSA) is 127 Å². The predicted octanol–water partition coefficient (Wildman–Crippen LogP) is 5.14. The van der Waals surface area contributed by atoms with Gasteiger partial charge in [-0.3, -0.25) is 29.2 Å². The fourth-order valence-electron chi connectivity index (χ4n) is 9.88. The number of rotatable bonds is 11. The molecule has 0 aliphatic carbocycles. The molecule has 6 aliphatic heterocycles. The number of benzene rings is 2. The number of carbonyl (C=O) groups excluding carboxylic acids is 3. The van der Waals surface area contributed by atoms with E-state index in [9.17, 15) is 14.4 Å². The van der Waals surface area contributed by atoms with E-state index < -0.39 is 6.04 Å². The number of anilines is 2. The summed E-state index contributed by atoms with van der Waals surface area (Å²) in [5.74, 6) is 2.20. The number of ether oxygens (including phenoxy) is 1. The molecule has 0 radical (unpaired) electrons. The third-order valence-corrected chi connectivity index (χ3v) is 13.3. The quantitative estimate of drug-likeness (QED) is 0.261. The molecule has 0 bridgehead atoms. The molecular formula is C46H57N9O4. The lowest BCUT2D eigenvalue weighted by molar-refractivity contribution is -0.125. The Balaban J connectivity index is 0.690. The summed E-state index contributed by atoms with van der Waals surface area (Å²) in [6, 6.07) is 13.1. The summed E-state index contributed by atoms with van der Waals surface area (Å²) >= 11 is 0. The van der Waals surface area contributed by atoms with E-state index in [-0.39, 0.29) is 23.8 Å². The number of amides is 3. The summed E-state index contributed by atoms with van der Waals surface area (Å²) in [6.07, 6.45) is 8.80. The fraction of sp³-hybridized carbons (Fsp3) is 0.522. The average molecular weight is 800 g/mol. The number of fused-ring (bicyclic) bond motifs is 2. The van der Waals surface area contributed by atoms with E-state index in [1.807, 2.05) is 32.0 Å². The zero-order chi connectivity index (χ0) is 40.6. The van der Waals surface area contributed by atoms with E-state index in [1.54, 1.807) is 12.4 Å². The van der Waals surface area contributed by atoms with Crippen molar-refractivity contribution in [1.82, 2.24) is 30.0 Å². The molecule has 4 fully saturated rings. The largest absolute Gasteiger partial charge is 0.491 e. The van der Waals surface area contributed by atoms with Crippen molar-refractivity contribution in [3.8, 4) is 5.75 Å². The monoisotopic (exact) mass is 799 g/mol. The maximum atomic E-state index is 13.4. The van der Waals surface area contributed by atoms with Crippen molar-refractivity contribution in [2.45, 2.75) is 77.5 Å². The van der Waals surface area contributed by atoms with E-state index in [0.717, 1.165) is 110 Å². The van der Waals surface area contributed by atoms with Gasteiger partial charge in [0, 0.05) is 68.8 Å². The van der Waals surface area contributed by atoms with Gasteiger partial charge in [0.15, 0.2) is 0 Å². The lowest BCUT2D eigenvalue weighted by Gasteiger charge is -2.39. The summed E-state index contributed by atoms with van der Waals surface area (Å²) < 4.78 is 5.96. The molecular weight excluding hydrogens is 743 g/mol. The van der Waals surface area contributed by atoms with Gasteiger partial charge in [0.05, 0.1) is 35.2 Å². The maximum absolute atomic E-state index is 13.4. The van der Waals surface area contributed by atoms with Crippen LogP contribution in [0.25, 0.3) is 0 Å². The van der Waals surface area contributed by atoms with Gasteiger partial charge in [-0.25, -0.2) is 9.97 Å². The molecule has 9 rings (SSSR count). The summed E-state index contributed by atoms with van der Waals surface area (Å²) in [7, 11) is 0. The van der Waals surface area contributed by atoms with E-state index in [4.69, 9.17) is 9.73 Å². The number of imide groups is 1. The molecule has 4 saturated heterocycles. The van der Waals surface area contributed by atoms with Gasteiger partial charge in [-0.1, -0.05) is 12.6 Å². The number of nitrogens with one attached hydrogen (secondary N) is 1. The first-order valence-corrected chi connectivity index (χ1v) is 21.8. The zero-order valence-electron chi connectivity index (χ0n) is 34.6. The van der Waals surface area contributed by atoms with Gasteiger partial charge in [0.25, 0.3) is 11.8 Å². The number of hydrogen-bond donors (Lipinski definition) is 1. The van der Waals surface area contributed by atoms with Gasteiger partial charge < -0.3 is 24.8 Å². The predicted molar refractivity (Wildman–Crippen MR) is 228 cm³/mol. The molecule has 1 unspecified atom stereocenters. The average Bonchev–Trinajstić information content (AvgIpc) is 3.78. The number of nitrogens with zero attached hydrogens (tertiary/aromatic N) is 8. The molecule has 13 nitrogen and oxygen atoms in total. The molecule has 3 amide bonds. The van der Waals surface area contributed by atoms with Crippen molar-refractivity contribution in [3.05, 3.63) is 89.0 Å². The lowest BCUT2D eigenvalue weighted by atomic mass is 9.90. The number of likely N-dealkylation sites (tertiary alicyclic amines) is 1. The molecule has 1 aromatic heterocycles. The Morgan fingerprint density at radius 1 is 0.780 bits per heavy atom. The van der Waals surface area contributed by atoms with E-state index in [2.05, 4.69) is 59.7 Å². The minimum absolute atomic E-state index is 0.118. The highest BCUT2D eigenvalue weighted by atomic mass is 16.5. The molecule has 3 aromatic rings. The standard InChI is InChI=1S/C46H57N9O4/c1-30(2)59-36-7-5-34-27-47-43(38(34)25-36)40-26-42(49-29-48-40)54-22-20-51(21-23-54)15-10-32-11-16-52(17-12-32)28-33-13-18-53(19-14-33)35-6-8-37-39(24-35)46(58)55(45(37)57)41-9-4-31(3)50-44(41)56/h5-8,24-26,29-30,32-33,41H,3-4,9-23,27-28H2,1-2H3,(H,50,56). The minimum Gasteiger partial charge on any atom is -0.491 e. The molecule has 7 heterocycles. The molecule has 0 saturated carbocycles. The fourth-order valence-corrected chi connectivity index (χ4v) is 9.88.